The summed E-state index contributed by atoms with van der Waals surface area (Å²) in [6, 6.07) is 1.90. The van der Waals surface area contributed by atoms with Gasteiger partial charge in [0.25, 0.3) is 0 Å². The molecule has 1 aromatic rings. The second kappa shape index (κ2) is 8.85. The van der Waals surface area contributed by atoms with Crippen molar-refractivity contribution in [1.29, 1.82) is 0 Å². The first-order valence-corrected chi connectivity index (χ1v) is 6.13. The molecule has 0 aliphatic rings. The first-order chi connectivity index (χ1) is 8.77. The van der Waals surface area contributed by atoms with Gasteiger partial charge in [-0.1, -0.05) is 0 Å². The Morgan fingerprint density at radius 3 is 2.78 bits per heavy atom. The summed E-state index contributed by atoms with van der Waals surface area (Å²) in [6.45, 7) is 4.85. The lowest BCUT2D eigenvalue weighted by Gasteiger charge is -2.11. The van der Waals surface area contributed by atoms with Crippen LogP contribution in [-0.4, -0.2) is 38.5 Å². The van der Waals surface area contributed by atoms with E-state index in [9.17, 15) is 0 Å². The van der Waals surface area contributed by atoms with Crippen molar-refractivity contribution in [2.45, 2.75) is 19.9 Å². The summed E-state index contributed by atoms with van der Waals surface area (Å²) < 4.78 is 16.0. The lowest BCUT2D eigenvalue weighted by atomic mass is 10.2. The van der Waals surface area contributed by atoms with Crippen LogP contribution in [0.4, 0.5) is 0 Å². The number of aryl methyl sites for hydroxylation is 1. The number of methoxy groups -OCH3 is 1. The van der Waals surface area contributed by atoms with E-state index in [1.165, 1.54) is 0 Å². The van der Waals surface area contributed by atoms with Crippen LogP contribution in [0.2, 0.25) is 0 Å². The van der Waals surface area contributed by atoms with E-state index in [0.29, 0.717) is 26.4 Å². The predicted octanol–water partition coefficient (Wildman–Crippen LogP) is 1.28. The summed E-state index contributed by atoms with van der Waals surface area (Å²) in [7, 11) is 1.68. The van der Waals surface area contributed by atoms with E-state index < -0.39 is 0 Å². The maximum atomic E-state index is 5.64. The second-order valence-corrected chi connectivity index (χ2v) is 3.94. The summed E-state index contributed by atoms with van der Waals surface area (Å²) >= 11 is 0. The Hall–Kier alpha value is -1.17. The molecule has 0 unspecified atom stereocenters. The Morgan fingerprint density at radius 1 is 1.22 bits per heavy atom. The van der Waals surface area contributed by atoms with Crippen molar-refractivity contribution in [3.8, 4) is 5.75 Å². The number of hydrogen-bond acceptors (Lipinski definition) is 5. The number of aromatic nitrogens is 1. The van der Waals surface area contributed by atoms with E-state index in [1.807, 2.05) is 13.0 Å². The van der Waals surface area contributed by atoms with Gasteiger partial charge in [0.05, 0.1) is 6.61 Å². The fourth-order valence-corrected chi connectivity index (χ4v) is 1.47. The van der Waals surface area contributed by atoms with Crippen molar-refractivity contribution in [1.82, 2.24) is 4.98 Å². The number of hydrogen-bond donors (Lipinski definition) is 1. The van der Waals surface area contributed by atoms with Gasteiger partial charge in [-0.3, -0.25) is 4.98 Å². The lowest BCUT2D eigenvalue weighted by Crippen LogP contribution is -2.10. The van der Waals surface area contributed by atoms with Crippen molar-refractivity contribution in [2.75, 3.05) is 33.5 Å². The third-order valence-electron chi connectivity index (χ3n) is 2.42. The van der Waals surface area contributed by atoms with E-state index in [4.69, 9.17) is 19.9 Å². The summed E-state index contributed by atoms with van der Waals surface area (Å²) in [4.78, 5) is 4.18. The zero-order valence-electron chi connectivity index (χ0n) is 11.1. The normalized spacial score (nSPS) is 10.6. The largest absolute Gasteiger partial charge is 0.491 e. The third kappa shape index (κ3) is 5.44. The average Bonchev–Trinajstić information content (AvgIpc) is 2.38. The highest BCUT2D eigenvalue weighted by molar-refractivity contribution is 5.32. The average molecular weight is 254 g/mol. The van der Waals surface area contributed by atoms with Gasteiger partial charge in [-0.05, 0) is 13.3 Å². The third-order valence-corrected chi connectivity index (χ3v) is 2.42. The van der Waals surface area contributed by atoms with Gasteiger partial charge in [-0.15, -0.1) is 0 Å². The van der Waals surface area contributed by atoms with Crippen LogP contribution in [0.15, 0.2) is 12.3 Å². The molecule has 0 amide bonds. The Kier molecular flexibility index (Phi) is 7.32. The maximum absolute atomic E-state index is 5.64. The van der Waals surface area contributed by atoms with Gasteiger partial charge in [-0.2, -0.15) is 0 Å². The Bertz CT molecular complexity index is 345. The minimum Gasteiger partial charge on any atom is -0.491 e. The molecule has 2 N–H and O–H groups in total. The molecule has 0 aliphatic heterocycles. The Balaban J connectivity index is 2.24. The van der Waals surface area contributed by atoms with Crippen molar-refractivity contribution >= 4 is 0 Å². The fourth-order valence-electron chi connectivity index (χ4n) is 1.47. The molecule has 0 aromatic carbocycles. The number of ether oxygens (including phenoxy) is 3. The predicted molar refractivity (Wildman–Crippen MR) is 69.7 cm³/mol. The number of pyridine rings is 1. The van der Waals surface area contributed by atoms with Crippen molar-refractivity contribution in [2.24, 2.45) is 5.73 Å². The maximum Gasteiger partial charge on any atom is 0.127 e. The Labute approximate surface area is 108 Å². The van der Waals surface area contributed by atoms with Gasteiger partial charge in [0.15, 0.2) is 0 Å². The van der Waals surface area contributed by atoms with Gasteiger partial charge in [0.1, 0.15) is 12.4 Å². The molecule has 0 atom stereocenters. The van der Waals surface area contributed by atoms with Gasteiger partial charge >= 0.3 is 0 Å². The van der Waals surface area contributed by atoms with Crippen LogP contribution in [0, 0.1) is 6.92 Å². The van der Waals surface area contributed by atoms with Crippen LogP contribution >= 0.6 is 0 Å². The highest BCUT2D eigenvalue weighted by Crippen LogP contribution is 2.17. The molecule has 1 rings (SSSR count). The van der Waals surface area contributed by atoms with E-state index in [1.54, 1.807) is 13.3 Å². The summed E-state index contributed by atoms with van der Waals surface area (Å²) in [6.07, 6.45) is 2.66. The first-order valence-electron chi connectivity index (χ1n) is 6.13. The highest BCUT2D eigenvalue weighted by atomic mass is 16.5. The zero-order valence-corrected chi connectivity index (χ0v) is 11.1. The lowest BCUT2D eigenvalue weighted by molar-refractivity contribution is 0.0804. The van der Waals surface area contributed by atoms with Gasteiger partial charge in [-0.25, -0.2) is 0 Å². The van der Waals surface area contributed by atoms with Gasteiger partial charge in [0, 0.05) is 50.4 Å². The zero-order chi connectivity index (χ0) is 13.2. The van der Waals surface area contributed by atoms with Crippen LogP contribution in [-0.2, 0) is 16.0 Å². The molecule has 18 heavy (non-hydrogen) atoms. The summed E-state index contributed by atoms with van der Waals surface area (Å²) in [5, 5.41) is 0. The van der Waals surface area contributed by atoms with Crippen LogP contribution in [0.1, 0.15) is 17.7 Å². The number of nitrogens with zero attached hydrogens (tertiary/aromatic N) is 1. The molecule has 0 bridgehead atoms. The molecule has 5 heteroatoms. The SMILES string of the molecule is COCCCOCCOc1cc(C)ncc1CN. The quantitative estimate of drug-likeness (QED) is 0.672. The minimum absolute atomic E-state index is 0.428. The number of nitrogens with two attached hydrogens (primary N) is 1. The van der Waals surface area contributed by atoms with Crippen LogP contribution < -0.4 is 10.5 Å². The topological polar surface area (TPSA) is 66.6 Å². The monoisotopic (exact) mass is 254 g/mol. The molecule has 1 heterocycles. The van der Waals surface area contributed by atoms with Gasteiger partial charge in [0.2, 0.25) is 0 Å². The van der Waals surface area contributed by atoms with E-state index in [-0.39, 0.29) is 0 Å². The highest BCUT2D eigenvalue weighted by Gasteiger charge is 2.03. The molecular formula is C13H22N2O3. The Morgan fingerprint density at radius 2 is 2.06 bits per heavy atom. The van der Waals surface area contributed by atoms with E-state index in [2.05, 4.69) is 4.98 Å². The fraction of sp³-hybridized carbons (Fsp3) is 0.615. The van der Waals surface area contributed by atoms with Gasteiger partial charge < -0.3 is 19.9 Å². The van der Waals surface area contributed by atoms with Crippen LogP contribution in [0.3, 0.4) is 0 Å². The molecule has 0 radical (unpaired) electrons. The molecule has 0 saturated carbocycles. The molecule has 0 saturated heterocycles. The van der Waals surface area contributed by atoms with Crippen molar-refractivity contribution in [3.05, 3.63) is 23.5 Å². The van der Waals surface area contributed by atoms with E-state index >= 15 is 0 Å². The number of rotatable bonds is 9. The second-order valence-electron chi connectivity index (χ2n) is 3.94. The van der Waals surface area contributed by atoms with Crippen molar-refractivity contribution in [3.63, 3.8) is 0 Å². The smallest absolute Gasteiger partial charge is 0.127 e. The molecule has 102 valence electrons. The van der Waals surface area contributed by atoms with E-state index in [0.717, 1.165) is 30.0 Å². The molecule has 5 nitrogen and oxygen atoms in total. The first kappa shape index (κ1) is 14.9. The molecule has 0 spiro atoms. The van der Waals surface area contributed by atoms with Crippen LogP contribution in [0.5, 0.6) is 5.75 Å². The van der Waals surface area contributed by atoms with Crippen LogP contribution in [0.25, 0.3) is 0 Å². The van der Waals surface area contributed by atoms with Crippen molar-refractivity contribution < 1.29 is 14.2 Å². The molecular weight excluding hydrogens is 232 g/mol. The molecule has 1 aromatic heterocycles. The summed E-state index contributed by atoms with van der Waals surface area (Å²) in [5.41, 5.74) is 7.46. The molecule has 0 fully saturated rings. The molecule has 0 aliphatic carbocycles. The minimum atomic E-state index is 0.428. The summed E-state index contributed by atoms with van der Waals surface area (Å²) in [5.74, 6) is 0.797. The standard InChI is InChI=1S/C13H22N2O3/c1-11-8-13(12(9-14)10-15-11)18-7-6-17-5-3-4-16-2/h8,10H,3-7,9,14H2,1-2H3.